The molecule has 0 aliphatic heterocycles. The van der Waals surface area contributed by atoms with Crippen LogP contribution < -0.4 is 0 Å². The lowest BCUT2D eigenvalue weighted by Gasteiger charge is -2.17. The Bertz CT molecular complexity index is 603. The molecule has 0 radical (unpaired) electrons. The Hall–Kier alpha value is -2.79. The molecule has 0 fully saturated rings. The summed E-state index contributed by atoms with van der Waals surface area (Å²) in [6, 6.07) is 0. The van der Waals surface area contributed by atoms with Gasteiger partial charge in [0.25, 0.3) is 0 Å². The number of hydrogen-bond donors (Lipinski definition) is 0. The molecule has 0 aromatic rings. The maximum atomic E-state index is 11.9. The van der Waals surface area contributed by atoms with E-state index in [1.807, 2.05) is 0 Å². The largest absolute Gasteiger partial charge is 0.514 e. The molecular weight excluding hydrogens is 452 g/mol. The first-order valence-electron chi connectivity index (χ1n) is 11.4. The zero-order valence-electron chi connectivity index (χ0n) is 21.0. The first-order chi connectivity index (χ1) is 16.2. The fourth-order valence-electron chi connectivity index (χ4n) is 2.06. The van der Waals surface area contributed by atoms with E-state index in [1.54, 1.807) is 0 Å². The van der Waals surface area contributed by atoms with E-state index in [-0.39, 0.29) is 11.1 Å². The first-order valence-corrected chi connectivity index (χ1v) is 11.4. The number of carbonyl (C=O) groups excluding carboxylic acids is 3. The monoisotopic (exact) mass is 490 g/mol. The molecule has 34 heavy (non-hydrogen) atoms. The fourth-order valence-corrected chi connectivity index (χ4v) is 2.06. The van der Waals surface area contributed by atoms with E-state index >= 15 is 0 Å². The van der Waals surface area contributed by atoms with Gasteiger partial charge in [0.15, 0.2) is 0 Å². The van der Waals surface area contributed by atoms with E-state index < -0.39 is 30.7 Å². The fraction of sp³-hybridized carbons (Fsp3) is 0.696. The molecule has 0 heterocycles. The van der Waals surface area contributed by atoms with Crippen LogP contribution in [0.1, 0.15) is 80.1 Å². The van der Waals surface area contributed by atoms with Crippen LogP contribution in [0.25, 0.3) is 0 Å². The first kappa shape index (κ1) is 31.2. The summed E-state index contributed by atoms with van der Waals surface area (Å²) in [6.45, 7) is 10.4. The standard InChI is InChI=1S/C23H38O11/c1-7-9-11-13-27-29-15-17(3)21(24)31-19(5)33-23(26)34-20(6)32-22(25)18(4)16-30-28-14-12-10-8-2/h15-16,19-20H,7-14H2,1-6H3/b17-15+,18-16+. The minimum atomic E-state index is -1.27. The third-order valence-corrected chi connectivity index (χ3v) is 3.96. The second kappa shape index (κ2) is 19.7. The van der Waals surface area contributed by atoms with Crippen LogP contribution in [-0.4, -0.2) is 43.9 Å². The van der Waals surface area contributed by atoms with Crippen molar-refractivity contribution in [1.29, 1.82) is 0 Å². The molecule has 0 N–H and O–H groups in total. The van der Waals surface area contributed by atoms with Crippen molar-refractivity contribution < 1.29 is 52.9 Å². The lowest BCUT2D eigenvalue weighted by Crippen LogP contribution is -2.27. The van der Waals surface area contributed by atoms with Crippen LogP contribution in [0.5, 0.6) is 0 Å². The molecule has 0 aromatic heterocycles. The number of rotatable bonds is 18. The molecule has 2 atom stereocenters. The number of ether oxygens (including phenoxy) is 4. The number of hydrogen-bond acceptors (Lipinski definition) is 11. The van der Waals surface area contributed by atoms with Crippen LogP contribution in [0.2, 0.25) is 0 Å². The van der Waals surface area contributed by atoms with Crippen LogP contribution in [0.15, 0.2) is 23.7 Å². The summed E-state index contributed by atoms with van der Waals surface area (Å²) in [5.74, 6) is -1.57. The Labute approximate surface area is 201 Å². The molecule has 0 saturated heterocycles. The van der Waals surface area contributed by atoms with Crippen molar-refractivity contribution in [3.05, 3.63) is 23.7 Å². The van der Waals surface area contributed by atoms with Crippen LogP contribution in [0.3, 0.4) is 0 Å². The van der Waals surface area contributed by atoms with Gasteiger partial charge >= 0.3 is 18.1 Å². The van der Waals surface area contributed by atoms with Crippen LogP contribution in [-0.2, 0) is 48.1 Å². The van der Waals surface area contributed by atoms with Gasteiger partial charge in [0.1, 0.15) is 12.5 Å². The van der Waals surface area contributed by atoms with E-state index in [1.165, 1.54) is 27.7 Å². The molecule has 0 bridgehead atoms. The highest BCUT2D eigenvalue weighted by Crippen LogP contribution is 2.08. The zero-order valence-corrected chi connectivity index (χ0v) is 21.0. The summed E-state index contributed by atoms with van der Waals surface area (Å²) in [5.41, 5.74) is 0.195. The smallest absolute Gasteiger partial charge is 0.422 e. The van der Waals surface area contributed by atoms with Gasteiger partial charge in [-0.05, 0) is 26.7 Å². The molecule has 0 saturated carbocycles. The maximum absolute atomic E-state index is 11.9. The van der Waals surface area contributed by atoms with E-state index in [0.29, 0.717) is 13.2 Å². The second-order valence-electron chi connectivity index (χ2n) is 7.28. The summed E-state index contributed by atoms with van der Waals surface area (Å²) >= 11 is 0. The Balaban J connectivity index is 4.24. The maximum Gasteiger partial charge on any atom is 0.514 e. The minimum Gasteiger partial charge on any atom is -0.422 e. The topological polar surface area (TPSA) is 125 Å². The van der Waals surface area contributed by atoms with Crippen molar-refractivity contribution in [2.45, 2.75) is 92.6 Å². The Morgan fingerprint density at radius 2 is 1.03 bits per heavy atom. The SMILES string of the molecule is CCCCCOO/C=C(\C)C(=O)OC(C)OC(=O)OC(C)OC(=O)/C(C)=C/OOCCCCC. The third-order valence-electron chi connectivity index (χ3n) is 3.96. The average molecular weight is 491 g/mol. The summed E-state index contributed by atoms with van der Waals surface area (Å²) in [6.07, 6.45) is 4.25. The number of esters is 2. The van der Waals surface area contributed by atoms with Gasteiger partial charge in [-0.1, -0.05) is 39.5 Å². The average Bonchev–Trinajstić information content (AvgIpc) is 2.77. The summed E-state index contributed by atoms with van der Waals surface area (Å²) in [5, 5.41) is 0. The molecule has 0 aliphatic carbocycles. The predicted octanol–water partition coefficient (Wildman–Crippen LogP) is 5.00. The Morgan fingerprint density at radius 3 is 1.38 bits per heavy atom. The summed E-state index contributed by atoms with van der Waals surface area (Å²) in [7, 11) is 0. The van der Waals surface area contributed by atoms with Crippen molar-refractivity contribution in [2.75, 3.05) is 13.2 Å². The molecule has 0 aliphatic rings. The summed E-state index contributed by atoms with van der Waals surface area (Å²) in [4.78, 5) is 55.2. The van der Waals surface area contributed by atoms with Crippen LogP contribution in [0, 0.1) is 0 Å². The minimum absolute atomic E-state index is 0.0976. The van der Waals surface area contributed by atoms with Gasteiger partial charge in [0, 0.05) is 13.8 Å². The van der Waals surface area contributed by atoms with Crippen molar-refractivity contribution in [2.24, 2.45) is 0 Å². The molecule has 0 amide bonds. The van der Waals surface area contributed by atoms with Gasteiger partial charge in [-0.3, -0.25) is 0 Å². The van der Waals surface area contributed by atoms with Crippen molar-refractivity contribution in [1.82, 2.24) is 0 Å². The molecule has 11 nitrogen and oxygen atoms in total. The van der Waals surface area contributed by atoms with Crippen LogP contribution >= 0.6 is 0 Å². The van der Waals surface area contributed by atoms with Gasteiger partial charge in [-0.25, -0.2) is 14.4 Å². The molecule has 0 rings (SSSR count). The molecule has 11 heteroatoms. The molecule has 0 spiro atoms. The second-order valence-corrected chi connectivity index (χ2v) is 7.28. The molecule has 2 unspecified atom stereocenters. The van der Waals surface area contributed by atoms with Crippen molar-refractivity contribution in [3.63, 3.8) is 0 Å². The lowest BCUT2D eigenvalue weighted by atomic mass is 10.3. The quantitative estimate of drug-likeness (QED) is 0.0490. The Kier molecular flexibility index (Phi) is 18.0. The molecule has 0 aromatic carbocycles. The van der Waals surface area contributed by atoms with E-state index in [2.05, 4.69) is 13.8 Å². The molecule has 196 valence electrons. The van der Waals surface area contributed by atoms with Gasteiger partial charge in [-0.2, -0.15) is 9.78 Å². The van der Waals surface area contributed by atoms with Crippen molar-refractivity contribution >= 4 is 18.1 Å². The van der Waals surface area contributed by atoms with Gasteiger partial charge in [0.2, 0.25) is 12.6 Å². The van der Waals surface area contributed by atoms with Gasteiger partial charge in [-0.15, -0.1) is 0 Å². The lowest BCUT2D eigenvalue weighted by molar-refractivity contribution is -0.250. The number of unbranched alkanes of at least 4 members (excludes halogenated alkanes) is 4. The number of carbonyl (C=O) groups is 3. The normalized spacial score (nSPS) is 13.5. The van der Waals surface area contributed by atoms with Gasteiger partial charge in [0.05, 0.1) is 24.4 Å². The van der Waals surface area contributed by atoms with E-state index in [4.69, 9.17) is 38.5 Å². The highest BCUT2D eigenvalue weighted by atomic mass is 17.2. The predicted molar refractivity (Wildman–Crippen MR) is 119 cm³/mol. The highest BCUT2D eigenvalue weighted by molar-refractivity contribution is 5.88. The highest BCUT2D eigenvalue weighted by Gasteiger charge is 2.21. The third kappa shape index (κ3) is 16.8. The van der Waals surface area contributed by atoms with Gasteiger partial charge < -0.3 is 28.7 Å². The molecular formula is C23H38O11. The summed E-state index contributed by atoms with van der Waals surface area (Å²) < 4.78 is 19.5. The van der Waals surface area contributed by atoms with E-state index in [0.717, 1.165) is 51.0 Å². The van der Waals surface area contributed by atoms with Crippen LogP contribution in [0.4, 0.5) is 4.79 Å². The Morgan fingerprint density at radius 1 is 0.647 bits per heavy atom. The zero-order chi connectivity index (χ0) is 25.8. The van der Waals surface area contributed by atoms with Crippen molar-refractivity contribution in [3.8, 4) is 0 Å². The van der Waals surface area contributed by atoms with E-state index in [9.17, 15) is 14.4 Å².